The Bertz CT molecular complexity index is 1130. The monoisotopic (exact) mass is 447 g/mol. The highest BCUT2D eigenvalue weighted by Gasteiger charge is 2.41. The number of para-hydroxylation sites is 1. The van der Waals surface area contributed by atoms with Gasteiger partial charge in [0.1, 0.15) is 11.3 Å². The molecule has 0 aromatic heterocycles. The van der Waals surface area contributed by atoms with E-state index >= 15 is 0 Å². The summed E-state index contributed by atoms with van der Waals surface area (Å²) in [5, 5.41) is 0. The van der Waals surface area contributed by atoms with Crippen LogP contribution in [0.2, 0.25) is 0 Å². The maximum Gasteiger partial charge on any atom is 0.324 e. The summed E-state index contributed by atoms with van der Waals surface area (Å²) in [7, 11) is -4.84. The highest BCUT2D eigenvalue weighted by Crippen LogP contribution is 2.34. The molecule has 1 fully saturated rings. The molecule has 0 bridgehead atoms. The number of amides is 1. The molecule has 11 heteroatoms. The number of rotatable bonds is 7. The van der Waals surface area contributed by atoms with Crippen LogP contribution in [0.3, 0.4) is 0 Å². The van der Waals surface area contributed by atoms with Gasteiger partial charge in [0, 0.05) is 6.54 Å². The molecule has 1 aliphatic heterocycles. The van der Waals surface area contributed by atoms with Crippen LogP contribution in [0.5, 0.6) is 0 Å². The topological polar surface area (TPSA) is 150 Å². The fourth-order valence-corrected chi connectivity index (χ4v) is 4.37. The number of nitrogens with zero attached hydrogens (tertiary/aromatic N) is 2. The molecule has 0 saturated carbocycles. The maximum absolute atomic E-state index is 13.5. The van der Waals surface area contributed by atoms with E-state index in [4.69, 9.17) is 5.73 Å². The molecule has 3 rings (SSSR count). The summed E-state index contributed by atoms with van der Waals surface area (Å²) in [6, 6.07) is 9.73. The molecule has 1 amide bonds. The summed E-state index contributed by atoms with van der Waals surface area (Å²) >= 11 is 0. The van der Waals surface area contributed by atoms with E-state index in [1.54, 1.807) is 37.3 Å². The molecule has 1 saturated heterocycles. The fourth-order valence-electron chi connectivity index (χ4n) is 3.70. The van der Waals surface area contributed by atoms with Crippen molar-refractivity contribution in [1.29, 1.82) is 0 Å². The summed E-state index contributed by atoms with van der Waals surface area (Å²) in [5.74, 6) is -1.00. The van der Waals surface area contributed by atoms with Crippen molar-refractivity contribution in [3.05, 3.63) is 58.5 Å². The maximum atomic E-state index is 13.5. The van der Waals surface area contributed by atoms with E-state index in [9.17, 15) is 27.5 Å². The van der Waals surface area contributed by atoms with E-state index in [0.717, 1.165) is 6.07 Å². The van der Waals surface area contributed by atoms with Crippen LogP contribution in [0.25, 0.3) is 0 Å². The summed E-state index contributed by atoms with van der Waals surface area (Å²) in [6.45, 7) is 1.61. The highest BCUT2D eigenvalue weighted by atomic mass is 32.2. The first-order chi connectivity index (χ1) is 14.6. The predicted octanol–water partition coefficient (Wildman–Crippen LogP) is 1.81. The third kappa shape index (κ3) is 4.63. The molecule has 1 atom stereocenters. The van der Waals surface area contributed by atoms with Gasteiger partial charge in [0.05, 0.1) is 17.5 Å². The van der Waals surface area contributed by atoms with Gasteiger partial charge in [0.15, 0.2) is 15.5 Å². The number of aryl methyl sites for hydroxylation is 1. The highest BCUT2D eigenvalue weighted by molar-refractivity contribution is 7.86. The van der Waals surface area contributed by atoms with Crippen molar-refractivity contribution >= 4 is 33.2 Å². The number of carbonyl (C=O) groups excluding carboxylic acids is 2. The van der Waals surface area contributed by atoms with Crippen LogP contribution in [-0.4, -0.2) is 53.6 Å². The van der Waals surface area contributed by atoms with Crippen LogP contribution < -0.4 is 11.2 Å². The van der Waals surface area contributed by atoms with Gasteiger partial charge in [0.25, 0.3) is 0 Å². The third-order valence-corrected chi connectivity index (χ3v) is 6.02. The lowest BCUT2D eigenvalue weighted by molar-refractivity contribution is -0.430. The number of carbonyl (C=O) groups is 2. The molecule has 2 aromatic rings. The van der Waals surface area contributed by atoms with Gasteiger partial charge in [-0.15, -0.1) is 5.43 Å². The molecular formula is C20H23N4O6S+. The number of nitrogens with one attached hydrogen (secondary N) is 1. The van der Waals surface area contributed by atoms with Crippen LogP contribution in [0.1, 0.15) is 28.8 Å². The Labute approximate surface area is 179 Å². The Morgan fingerprint density at radius 3 is 2.52 bits per heavy atom. The van der Waals surface area contributed by atoms with Gasteiger partial charge in [-0.2, -0.15) is 8.42 Å². The van der Waals surface area contributed by atoms with Gasteiger partial charge >= 0.3 is 15.8 Å². The Morgan fingerprint density at radius 1 is 1.23 bits per heavy atom. The summed E-state index contributed by atoms with van der Waals surface area (Å²) in [5.41, 5.74) is 7.88. The molecule has 0 spiro atoms. The van der Waals surface area contributed by atoms with Crippen LogP contribution in [0.4, 0.5) is 11.4 Å². The standard InChI is InChI=1S/C20H22N4O6S/c1-13-9-10-16(31(28,29)30)19(24(27)22-14-6-3-2-4-7-14)18(13)20(26)15-8-5-11-23(15)17(25)12-21/h2-4,6-7,9-10,15H,5,8,11-12,21H2,1H3,(H-,22,27,28,29,30)/p+1/t15-/m0/s1. The van der Waals surface area contributed by atoms with Crippen molar-refractivity contribution in [3.63, 3.8) is 0 Å². The van der Waals surface area contributed by atoms with Crippen molar-refractivity contribution in [3.8, 4) is 0 Å². The molecular weight excluding hydrogens is 424 g/mol. The average molecular weight is 447 g/mol. The van der Waals surface area contributed by atoms with E-state index in [1.165, 1.54) is 11.0 Å². The first kappa shape index (κ1) is 22.5. The van der Waals surface area contributed by atoms with Gasteiger partial charge in [0.2, 0.25) is 5.91 Å². The fraction of sp³-hybridized carbons (Fsp3) is 0.300. The number of nitrogens with two attached hydrogens (primary N) is 1. The summed E-state index contributed by atoms with van der Waals surface area (Å²) in [6.07, 6.45) is 0.919. The second kappa shape index (κ2) is 8.92. The molecule has 0 radical (unpaired) electrons. The Morgan fingerprint density at radius 2 is 1.90 bits per heavy atom. The number of Topliss-reactive ketones (excluding diaryl/α,β-unsaturated/α-hetero) is 1. The first-order valence-electron chi connectivity index (χ1n) is 9.59. The molecule has 0 aliphatic carbocycles. The van der Waals surface area contributed by atoms with E-state index in [1.807, 2.05) is 0 Å². The van der Waals surface area contributed by atoms with Crippen molar-refractivity contribution in [1.82, 2.24) is 4.90 Å². The number of benzene rings is 2. The molecule has 2 aromatic carbocycles. The minimum absolute atomic E-state index is 0.142. The molecule has 1 heterocycles. The quantitative estimate of drug-likeness (QED) is 0.252. The normalized spacial score (nSPS) is 16.2. The number of likely N-dealkylation sites (tertiary alicyclic amines) is 1. The zero-order valence-corrected chi connectivity index (χ0v) is 17.6. The first-order valence-corrected chi connectivity index (χ1v) is 11.0. The molecule has 10 nitrogen and oxygen atoms in total. The second-order valence-electron chi connectivity index (χ2n) is 7.17. The summed E-state index contributed by atoms with van der Waals surface area (Å²) < 4.78 is 33.7. The van der Waals surface area contributed by atoms with Crippen LogP contribution in [0.15, 0.2) is 47.4 Å². The van der Waals surface area contributed by atoms with E-state index in [-0.39, 0.29) is 17.0 Å². The van der Waals surface area contributed by atoms with E-state index in [0.29, 0.717) is 30.6 Å². The lowest BCUT2D eigenvalue weighted by atomic mass is 9.96. The van der Waals surface area contributed by atoms with Gasteiger partial charge in [-0.1, -0.05) is 24.3 Å². The van der Waals surface area contributed by atoms with Crippen LogP contribution in [0, 0.1) is 11.8 Å². The number of anilines is 1. The van der Waals surface area contributed by atoms with Gasteiger partial charge < -0.3 is 10.6 Å². The zero-order chi connectivity index (χ0) is 22.8. The zero-order valence-electron chi connectivity index (χ0n) is 16.8. The Kier molecular flexibility index (Phi) is 6.48. The number of ketones is 1. The average Bonchev–Trinajstić information content (AvgIpc) is 3.22. The molecule has 31 heavy (non-hydrogen) atoms. The number of nitroso groups, excluding NO2 is 1. The van der Waals surface area contributed by atoms with Gasteiger partial charge in [-0.3, -0.25) is 14.1 Å². The SMILES string of the molecule is Cc1ccc(S(=O)(=O)O)c([N+](=O)Nc2ccccc2)c1C(=O)[C@@H]1CCCN1C(=O)CN. The minimum atomic E-state index is -4.84. The second-order valence-corrected chi connectivity index (χ2v) is 8.55. The Balaban J connectivity index is 2.14. The predicted molar refractivity (Wildman–Crippen MR) is 112 cm³/mol. The van der Waals surface area contributed by atoms with E-state index in [2.05, 4.69) is 5.43 Å². The number of hydrogen-bond acceptors (Lipinski definition) is 6. The number of hydrogen-bond donors (Lipinski definition) is 3. The van der Waals surface area contributed by atoms with Crippen molar-refractivity contribution < 1.29 is 27.4 Å². The lowest BCUT2D eigenvalue weighted by Gasteiger charge is -2.23. The molecule has 0 unspecified atom stereocenters. The van der Waals surface area contributed by atoms with Crippen LogP contribution >= 0.6 is 0 Å². The van der Waals surface area contributed by atoms with Crippen molar-refractivity contribution in [2.75, 3.05) is 18.5 Å². The van der Waals surface area contributed by atoms with Crippen molar-refractivity contribution in [2.24, 2.45) is 5.73 Å². The molecule has 164 valence electrons. The largest absolute Gasteiger partial charge is 0.331 e. The molecule has 1 aliphatic rings. The van der Waals surface area contributed by atoms with Crippen molar-refractivity contribution in [2.45, 2.75) is 30.7 Å². The number of hydrazine groups is 1. The van der Waals surface area contributed by atoms with Gasteiger partial charge in [-0.25, -0.2) is 0 Å². The molecule has 4 N–H and O–H groups in total. The minimum Gasteiger partial charge on any atom is -0.331 e. The van der Waals surface area contributed by atoms with Crippen LogP contribution in [-0.2, 0) is 14.9 Å². The van der Waals surface area contributed by atoms with Gasteiger partial charge in [-0.05, 0) is 43.5 Å². The lowest BCUT2D eigenvalue weighted by Crippen LogP contribution is -2.43. The Hall–Kier alpha value is -3.15. The smallest absolute Gasteiger partial charge is 0.324 e. The van der Waals surface area contributed by atoms with E-state index < -0.39 is 38.4 Å². The third-order valence-electron chi connectivity index (χ3n) is 5.13. The summed E-state index contributed by atoms with van der Waals surface area (Å²) in [4.78, 5) is 39.4.